The second-order valence-corrected chi connectivity index (χ2v) is 4.20. The fourth-order valence-electron chi connectivity index (χ4n) is 1.58. The minimum absolute atomic E-state index is 0.304. The van der Waals surface area contributed by atoms with Gasteiger partial charge in [0.05, 0.1) is 13.2 Å². The Bertz CT molecular complexity index is 470. The molecule has 2 rings (SSSR count). The molecule has 1 atom stereocenters. The lowest BCUT2D eigenvalue weighted by molar-refractivity contribution is 0.406. The zero-order chi connectivity index (χ0) is 11.5. The van der Waals surface area contributed by atoms with Gasteiger partial charge in [0.15, 0.2) is 0 Å². The number of hydrogen-bond acceptors (Lipinski definition) is 3. The summed E-state index contributed by atoms with van der Waals surface area (Å²) in [4.78, 5) is 0. The average Bonchev–Trinajstić information content (AvgIpc) is 2.81. The Labute approximate surface area is 97.5 Å². The highest BCUT2D eigenvalue weighted by molar-refractivity contribution is 7.08. The van der Waals surface area contributed by atoms with Crippen LogP contribution in [-0.2, 0) is 0 Å². The zero-order valence-corrected chi connectivity index (χ0v) is 9.63. The van der Waals surface area contributed by atoms with Gasteiger partial charge in [0.1, 0.15) is 11.6 Å². The van der Waals surface area contributed by atoms with Crippen LogP contribution in [0.25, 0.3) is 0 Å². The Hall–Kier alpha value is -1.39. The molecule has 0 bridgehead atoms. The highest BCUT2D eigenvalue weighted by Crippen LogP contribution is 2.29. The number of ether oxygens (including phenoxy) is 1. The van der Waals surface area contributed by atoms with Gasteiger partial charge in [-0.15, -0.1) is 0 Å². The van der Waals surface area contributed by atoms with Gasteiger partial charge in [-0.1, -0.05) is 0 Å². The fraction of sp³-hybridized carbons (Fsp3) is 0.167. The molecule has 0 saturated carbocycles. The topological polar surface area (TPSA) is 35.2 Å². The van der Waals surface area contributed by atoms with Gasteiger partial charge in [0, 0.05) is 5.56 Å². The average molecular weight is 237 g/mol. The van der Waals surface area contributed by atoms with Crippen molar-refractivity contribution in [2.24, 2.45) is 5.73 Å². The molecule has 2 N–H and O–H groups in total. The summed E-state index contributed by atoms with van der Waals surface area (Å²) in [7, 11) is 1.55. The number of rotatable bonds is 3. The highest BCUT2D eigenvalue weighted by atomic mass is 32.1. The molecule has 0 aliphatic carbocycles. The van der Waals surface area contributed by atoms with Crippen LogP contribution in [0.3, 0.4) is 0 Å². The van der Waals surface area contributed by atoms with Gasteiger partial charge in [-0.3, -0.25) is 0 Å². The van der Waals surface area contributed by atoms with Crippen LogP contribution in [0.15, 0.2) is 35.0 Å². The lowest BCUT2D eigenvalue weighted by Crippen LogP contribution is -2.12. The number of hydrogen-bond donors (Lipinski definition) is 1. The lowest BCUT2D eigenvalue weighted by atomic mass is 10.0. The summed E-state index contributed by atoms with van der Waals surface area (Å²) in [6, 6.07) is 5.96. The number of methoxy groups -OCH3 is 1. The summed E-state index contributed by atoms with van der Waals surface area (Å²) in [5.74, 6) is 0.307. The molecule has 16 heavy (non-hydrogen) atoms. The summed E-state index contributed by atoms with van der Waals surface area (Å²) in [6.07, 6.45) is 0. The van der Waals surface area contributed by atoms with Crippen molar-refractivity contribution in [2.75, 3.05) is 7.11 Å². The minimum Gasteiger partial charge on any atom is -0.496 e. The second kappa shape index (κ2) is 4.63. The minimum atomic E-state index is -0.350. The molecule has 0 aliphatic heterocycles. The number of benzene rings is 1. The molecule has 0 unspecified atom stereocenters. The van der Waals surface area contributed by atoms with E-state index in [2.05, 4.69) is 0 Å². The molecule has 4 heteroatoms. The number of nitrogens with two attached hydrogens (primary N) is 1. The Balaban J connectivity index is 2.42. The second-order valence-electron chi connectivity index (χ2n) is 3.42. The van der Waals surface area contributed by atoms with Crippen molar-refractivity contribution in [1.29, 1.82) is 0 Å². The van der Waals surface area contributed by atoms with E-state index in [1.807, 2.05) is 16.8 Å². The van der Waals surface area contributed by atoms with Crippen molar-refractivity contribution in [3.05, 3.63) is 52.0 Å². The van der Waals surface area contributed by atoms with Crippen LogP contribution in [0.4, 0.5) is 4.39 Å². The lowest BCUT2D eigenvalue weighted by Gasteiger charge is -2.14. The van der Waals surface area contributed by atoms with Gasteiger partial charge in [-0.2, -0.15) is 11.3 Å². The Morgan fingerprint density at radius 1 is 1.38 bits per heavy atom. The van der Waals surface area contributed by atoms with Gasteiger partial charge in [0.2, 0.25) is 0 Å². The normalized spacial score (nSPS) is 12.4. The molecule has 0 fully saturated rings. The summed E-state index contributed by atoms with van der Waals surface area (Å²) in [5, 5.41) is 3.90. The first-order valence-electron chi connectivity index (χ1n) is 4.83. The fourth-order valence-corrected chi connectivity index (χ4v) is 2.28. The third-order valence-corrected chi connectivity index (χ3v) is 3.13. The monoisotopic (exact) mass is 237 g/mol. The third kappa shape index (κ3) is 2.08. The molecule has 0 amide bonds. The Morgan fingerprint density at radius 3 is 2.81 bits per heavy atom. The van der Waals surface area contributed by atoms with E-state index in [0.717, 1.165) is 5.56 Å². The van der Waals surface area contributed by atoms with E-state index in [-0.39, 0.29) is 11.9 Å². The van der Waals surface area contributed by atoms with E-state index in [1.165, 1.54) is 12.1 Å². The highest BCUT2D eigenvalue weighted by Gasteiger charge is 2.15. The van der Waals surface area contributed by atoms with Gasteiger partial charge in [0.25, 0.3) is 0 Å². The van der Waals surface area contributed by atoms with Gasteiger partial charge in [-0.05, 0) is 40.6 Å². The SMILES string of the molecule is COc1ccc(F)cc1[C@@H](N)c1ccsc1. The quantitative estimate of drug-likeness (QED) is 0.890. The van der Waals surface area contributed by atoms with Crippen LogP contribution >= 0.6 is 11.3 Å². The molecule has 0 radical (unpaired) electrons. The van der Waals surface area contributed by atoms with Crippen LogP contribution in [0.2, 0.25) is 0 Å². The van der Waals surface area contributed by atoms with Crippen molar-refractivity contribution >= 4 is 11.3 Å². The van der Waals surface area contributed by atoms with Crippen LogP contribution in [0.1, 0.15) is 17.2 Å². The van der Waals surface area contributed by atoms with Gasteiger partial charge < -0.3 is 10.5 Å². The molecule has 0 aliphatic rings. The third-order valence-electron chi connectivity index (χ3n) is 2.43. The summed E-state index contributed by atoms with van der Waals surface area (Å²) >= 11 is 1.57. The molecule has 2 aromatic rings. The van der Waals surface area contributed by atoms with Crippen LogP contribution in [0, 0.1) is 5.82 Å². The first-order chi connectivity index (χ1) is 7.72. The zero-order valence-electron chi connectivity index (χ0n) is 8.81. The van der Waals surface area contributed by atoms with E-state index in [0.29, 0.717) is 11.3 Å². The largest absolute Gasteiger partial charge is 0.496 e. The molecule has 0 spiro atoms. The van der Waals surface area contributed by atoms with E-state index >= 15 is 0 Å². The van der Waals surface area contributed by atoms with Crippen LogP contribution < -0.4 is 10.5 Å². The molecule has 1 heterocycles. The predicted octanol–water partition coefficient (Wildman–Crippen LogP) is 2.94. The van der Waals surface area contributed by atoms with E-state index in [1.54, 1.807) is 24.5 Å². The van der Waals surface area contributed by atoms with Gasteiger partial charge >= 0.3 is 0 Å². The summed E-state index contributed by atoms with van der Waals surface area (Å²) in [6.45, 7) is 0. The number of thiophene rings is 1. The first-order valence-corrected chi connectivity index (χ1v) is 5.77. The van der Waals surface area contributed by atoms with Crippen LogP contribution in [-0.4, -0.2) is 7.11 Å². The number of halogens is 1. The van der Waals surface area contributed by atoms with Crippen LogP contribution in [0.5, 0.6) is 5.75 Å². The first kappa shape index (κ1) is 11.1. The van der Waals surface area contributed by atoms with Crippen molar-refractivity contribution in [1.82, 2.24) is 0 Å². The van der Waals surface area contributed by atoms with Crippen molar-refractivity contribution in [3.8, 4) is 5.75 Å². The smallest absolute Gasteiger partial charge is 0.124 e. The van der Waals surface area contributed by atoms with Gasteiger partial charge in [-0.25, -0.2) is 4.39 Å². The maximum atomic E-state index is 13.2. The molecular weight excluding hydrogens is 225 g/mol. The van der Waals surface area contributed by atoms with Crippen molar-refractivity contribution < 1.29 is 9.13 Å². The molecule has 2 nitrogen and oxygen atoms in total. The van der Waals surface area contributed by atoms with Crippen molar-refractivity contribution in [3.63, 3.8) is 0 Å². The molecule has 84 valence electrons. The Morgan fingerprint density at radius 2 is 2.19 bits per heavy atom. The van der Waals surface area contributed by atoms with E-state index in [9.17, 15) is 4.39 Å². The van der Waals surface area contributed by atoms with Crippen molar-refractivity contribution in [2.45, 2.75) is 6.04 Å². The standard InChI is InChI=1S/C12H12FNOS/c1-15-11-3-2-9(13)6-10(11)12(14)8-4-5-16-7-8/h2-7,12H,14H2,1H3/t12-/m0/s1. The maximum Gasteiger partial charge on any atom is 0.124 e. The maximum absolute atomic E-state index is 13.2. The summed E-state index contributed by atoms with van der Waals surface area (Å²) < 4.78 is 18.4. The molecular formula is C12H12FNOS. The predicted molar refractivity (Wildman–Crippen MR) is 63.3 cm³/mol. The van der Waals surface area contributed by atoms with E-state index < -0.39 is 0 Å². The van der Waals surface area contributed by atoms with E-state index in [4.69, 9.17) is 10.5 Å². The summed E-state index contributed by atoms with van der Waals surface area (Å²) in [5.41, 5.74) is 7.70. The molecule has 1 aromatic carbocycles. The molecule has 1 aromatic heterocycles. The Kier molecular flexibility index (Phi) is 3.22. The molecule has 0 saturated heterocycles.